The second kappa shape index (κ2) is 4.46. The molecule has 0 atom stereocenters. The van der Waals surface area contributed by atoms with Gasteiger partial charge in [0.1, 0.15) is 12.4 Å². The Bertz CT molecular complexity index is 404. The van der Waals surface area contributed by atoms with Crippen LogP contribution in [0.2, 0.25) is 0 Å². The second-order valence-corrected chi connectivity index (χ2v) is 3.03. The number of rotatable bonds is 2. The lowest BCUT2D eigenvalue weighted by atomic mass is 10.2. The predicted molar refractivity (Wildman–Crippen MR) is 55.0 cm³/mol. The molecule has 0 aromatic heterocycles. The third-order valence-corrected chi connectivity index (χ3v) is 1.92. The van der Waals surface area contributed by atoms with Gasteiger partial charge in [0.15, 0.2) is 0 Å². The highest BCUT2D eigenvalue weighted by Crippen LogP contribution is 2.09. The molecule has 1 heterocycles. The molecule has 0 spiro atoms. The maximum Gasteiger partial charge on any atom is 0.343 e. The Morgan fingerprint density at radius 2 is 2.07 bits per heavy atom. The molecule has 3 nitrogen and oxygen atoms in total. The van der Waals surface area contributed by atoms with Crippen LogP contribution in [-0.2, 0) is 9.47 Å². The number of esters is 1. The first-order valence-electron chi connectivity index (χ1n) is 4.61. The molecule has 1 aromatic carbocycles. The molecule has 0 saturated carbocycles. The minimum atomic E-state index is -0.360. The van der Waals surface area contributed by atoms with Crippen LogP contribution in [-0.4, -0.2) is 12.6 Å². The van der Waals surface area contributed by atoms with Gasteiger partial charge in [0, 0.05) is 0 Å². The highest BCUT2D eigenvalue weighted by atomic mass is 16.6. The number of carbonyl (C=O) groups excluding carboxylic acids is 1. The average Bonchev–Trinajstić information content (AvgIpc) is 2.31. The average molecular weight is 202 g/mol. The molecular formula is C12H10O3. The monoisotopic (exact) mass is 202 g/mol. The number of hydrogen-bond acceptors (Lipinski definition) is 3. The van der Waals surface area contributed by atoms with E-state index in [2.05, 4.69) is 0 Å². The number of carbonyl (C=O) groups is 1. The van der Waals surface area contributed by atoms with Crippen LogP contribution in [0.3, 0.4) is 0 Å². The smallest absolute Gasteiger partial charge is 0.343 e. The van der Waals surface area contributed by atoms with Crippen LogP contribution in [0.1, 0.15) is 10.4 Å². The molecule has 0 aliphatic carbocycles. The van der Waals surface area contributed by atoms with Gasteiger partial charge in [0.25, 0.3) is 0 Å². The summed E-state index contributed by atoms with van der Waals surface area (Å²) in [6.07, 6.45) is 4.96. The quantitative estimate of drug-likeness (QED) is 0.690. The van der Waals surface area contributed by atoms with Crippen molar-refractivity contribution in [3.63, 3.8) is 0 Å². The van der Waals surface area contributed by atoms with Gasteiger partial charge in [0.05, 0.1) is 11.8 Å². The van der Waals surface area contributed by atoms with E-state index in [1.165, 1.54) is 0 Å². The van der Waals surface area contributed by atoms with Crippen molar-refractivity contribution in [2.24, 2.45) is 0 Å². The van der Waals surface area contributed by atoms with Crippen molar-refractivity contribution < 1.29 is 14.3 Å². The molecule has 1 aromatic rings. The molecule has 0 N–H and O–H groups in total. The highest BCUT2D eigenvalue weighted by Gasteiger charge is 2.10. The van der Waals surface area contributed by atoms with Crippen molar-refractivity contribution in [1.29, 1.82) is 0 Å². The number of allylic oxidation sites excluding steroid dienone is 2. The van der Waals surface area contributed by atoms with Gasteiger partial charge >= 0.3 is 5.97 Å². The van der Waals surface area contributed by atoms with E-state index >= 15 is 0 Å². The van der Waals surface area contributed by atoms with Crippen LogP contribution in [0.15, 0.2) is 54.5 Å². The maximum atomic E-state index is 11.6. The lowest BCUT2D eigenvalue weighted by molar-refractivity contribution is 0.0572. The molecule has 0 bridgehead atoms. The zero-order valence-corrected chi connectivity index (χ0v) is 8.05. The van der Waals surface area contributed by atoms with Gasteiger partial charge in [0.2, 0.25) is 0 Å². The zero-order chi connectivity index (χ0) is 10.5. The molecule has 3 heteroatoms. The molecule has 0 unspecified atom stereocenters. The van der Waals surface area contributed by atoms with E-state index in [1.54, 1.807) is 42.7 Å². The van der Waals surface area contributed by atoms with Crippen molar-refractivity contribution in [3.05, 3.63) is 60.1 Å². The lowest BCUT2D eigenvalue weighted by Crippen LogP contribution is -2.09. The van der Waals surface area contributed by atoms with Crippen molar-refractivity contribution in [2.45, 2.75) is 0 Å². The first-order chi connectivity index (χ1) is 7.36. The van der Waals surface area contributed by atoms with Crippen molar-refractivity contribution >= 4 is 5.97 Å². The van der Waals surface area contributed by atoms with Gasteiger partial charge in [-0.1, -0.05) is 18.2 Å². The van der Waals surface area contributed by atoms with E-state index in [9.17, 15) is 4.79 Å². The molecule has 0 fully saturated rings. The SMILES string of the molecule is O=C(OC1=CC=COC1)c1ccccc1. The van der Waals surface area contributed by atoms with Crippen molar-refractivity contribution in [1.82, 2.24) is 0 Å². The predicted octanol–water partition coefficient (Wildman–Crippen LogP) is 2.27. The largest absolute Gasteiger partial charge is 0.493 e. The normalized spacial score (nSPS) is 14.0. The summed E-state index contributed by atoms with van der Waals surface area (Å²) in [4.78, 5) is 11.6. The second-order valence-electron chi connectivity index (χ2n) is 3.03. The Kier molecular flexibility index (Phi) is 2.83. The third-order valence-electron chi connectivity index (χ3n) is 1.92. The van der Waals surface area contributed by atoms with Gasteiger partial charge in [-0.3, -0.25) is 0 Å². The molecule has 1 aliphatic heterocycles. The Morgan fingerprint density at radius 3 is 2.73 bits per heavy atom. The fourth-order valence-corrected chi connectivity index (χ4v) is 1.20. The first-order valence-corrected chi connectivity index (χ1v) is 4.61. The third kappa shape index (κ3) is 2.47. The van der Waals surface area contributed by atoms with Gasteiger partial charge in [-0.2, -0.15) is 0 Å². The Labute approximate surface area is 87.6 Å². The summed E-state index contributed by atoms with van der Waals surface area (Å²) in [6, 6.07) is 8.86. The van der Waals surface area contributed by atoms with E-state index in [-0.39, 0.29) is 5.97 Å². The zero-order valence-electron chi connectivity index (χ0n) is 8.05. The summed E-state index contributed by atoms with van der Waals surface area (Å²) >= 11 is 0. The Morgan fingerprint density at radius 1 is 1.27 bits per heavy atom. The van der Waals surface area contributed by atoms with E-state index in [0.29, 0.717) is 17.9 Å². The van der Waals surface area contributed by atoms with Gasteiger partial charge in [-0.25, -0.2) is 4.79 Å². The highest BCUT2D eigenvalue weighted by molar-refractivity contribution is 5.90. The van der Waals surface area contributed by atoms with E-state index in [4.69, 9.17) is 9.47 Å². The van der Waals surface area contributed by atoms with Crippen LogP contribution in [0.25, 0.3) is 0 Å². The van der Waals surface area contributed by atoms with Crippen LogP contribution in [0, 0.1) is 0 Å². The van der Waals surface area contributed by atoms with Crippen LogP contribution >= 0.6 is 0 Å². The summed E-state index contributed by atoms with van der Waals surface area (Å²) in [5.74, 6) is 0.159. The first kappa shape index (κ1) is 9.52. The van der Waals surface area contributed by atoms with Crippen molar-refractivity contribution in [2.75, 3.05) is 6.61 Å². The molecule has 15 heavy (non-hydrogen) atoms. The Balaban J connectivity index is 2.04. The lowest BCUT2D eigenvalue weighted by Gasteiger charge is -2.10. The van der Waals surface area contributed by atoms with Gasteiger partial charge in [-0.05, 0) is 24.3 Å². The summed E-state index contributed by atoms with van der Waals surface area (Å²) in [6.45, 7) is 0.301. The maximum absolute atomic E-state index is 11.6. The molecule has 0 radical (unpaired) electrons. The Hall–Kier alpha value is -2.03. The topological polar surface area (TPSA) is 35.5 Å². The van der Waals surface area contributed by atoms with Gasteiger partial charge < -0.3 is 9.47 Å². The van der Waals surface area contributed by atoms with E-state index in [1.807, 2.05) is 6.07 Å². The van der Waals surface area contributed by atoms with Crippen LogP contribution in [0.5, 0.6) is 0 Å². The molecule has 1 aliphatic rings. The fourth-order valence-electron chi connectivity index (χ4n) is 1.20. The summed E-state index contributed by atoms with van der Waals surface area (Å²) in [5.41, 5.74) is 0.535. The fraction of sp³-hybridized carbons (Fsp3) is 0.0833. The standard InChI is InChI=1S/C12H10O3/c13-12(10-5-2-1-3-6-10)15-11-7-4-8-14-9-11/h1-8H,9H2. The van der Waals surface area contributed by atoms with Crippen molar-refractivity contribution in [3.8, 4) is 0 Å². The summed E-state index contributed by atoms with van der Waals surface area (Å²) in [5, 5.41) is 0. The summed E-state index contributed by atoms with van der Waals surface area (Å²) < 4.78 is 10.1. The molecular weight excluding hydrogens is 192 g/mol. The summed E-state index contributed by atoms with van der Waals surface area (Å²) in [7, 11) is 0. The van der Waals surface area contributed by atoms with Gasteiger partial charge in [-0.15, -0.1) is 0 Å². The number of ether oxygens (including phenoxy) is 2. The minimum Gasteiger partial charge on any atom is -0.493 e. The molecule has 2 rings (SSSR count). The van der Waals surface area contributed by atoms with E-state index in [0.717, 1.165) is 0 Å². The molecule has 0 amide bonds. The number of hydrogen-bond donors (Lipinski definition) is 0. The van der Waals surface area contributed by atoms with E-state index < -0.39 is 0 Å². The van der Waals surface area contributed by atoms with Crippen LogP contribution in [0.4, 0.5) is 0 Å². The molecule has 76 valence electrons. The minimum absolute atomic E-state index is 0.301. The molecule has 0 saturated heterocycles. The number of benzene rings is 1. The van der Waals surface area contributed by atoms with Crippen LogP contribution < -0.4 is 0 Å².